The third kappa shape index (κ3) is 3.42. The summed E-state index contributed by atoms with van der Waals surface area (Å²) in [5.74, 6) is 0.106. The van der Waals surface area contributed by atoms with Crippen LogP contribution in [0.1, 0.15) is 19.3 Å². The Bertz CT molecular complexity index is 1320. The minimum absolute atomic E-state index is 0.0471. The molecule has 0 amide bonds. The molecular formula is C22H21BrFN7O. The molecule has 1 aromatic carbocycles. The van der Waals surface area contributed by atoms with Crippen LogP contribution in [-0.2, 0) is 4.74 Å². The molecule has 1 unspecified atom stereocenters. The van der Waals surface area contributed by atoms with Gasteiger partial charge in [-0.2, -0.15) is 10.1 Å². The van der Waals surface area contributed by atoms with Crippen LogP contribution in [0.2, 0.25) is 0 Å². The topological polar surface area (TPSA) is 89.8 Å². The number of benzene rings is 1. The Hall–Kier alpha value is -2.69. The van der Waals surface area contributed by atoms with Gasteiger partial charge in [0, 0.05) is 23.8 Å². The lowest BCUT2D eigenvalue weighted by Gasteiger charge is -2.32. The molecule has 10 heteroatoms. The van der Waals surface area contributed by atoms with Gasteiger partial charge in [-0.1, -0.05) is 6.07 Å². The van der Waals surface area contributed by atoms with Crippen molar-refractivity contribution in [3.05, 3.63) is 47.1 Å². The first kappa shape index (κ1) is 20.0. The average molecular weight is 498 g/mol. The molecule has 4 aromatic rings. The maximum Gasteiger partial charge on any atom is 0.225 e. The highest BCUT2D eigenvalue weighted by Gasteiger charge is 2.41. The fourth-order valence-electron chi connectivity index (χ4n) is 4.72. The van der Waals surface area contributed by atoms with Crippen molar-refractivity contribution in [1.29, 1.82) is 0 Å². The summed E-state index contributed by atoms with van der Waals surface area (Å²) < 4.78 is 23.1. The quantitative estimate of drug-likeness (QED) is 0.446. The first-order valence-corrected chi connectivity index (χ1v) is 11.5. The molecule has 1 atom stereocenters. The van der Waals surface area contributed by atoms with E-state index >= 15 is 0 Å². The number of aromatic nitrogens is 5. The van der Waals surface area contributed by atoms with Gasteiger partial charge in [-0.05, 0) is 60.4 Å². The predicted molar refractivity (Wildman–Crippen MR) is 122 cm³/mol. The molecule has 8 nitrogen and oxygen atoms in total. The zero-order chi connectivity index (χ0) is 21.7. The van der Waals surface area contributed by atoms with Gasteiger partial charge in [-0.25, -0.2) is 14.1 Å². The predicted octanol–water partition coefficient (Wildman–Crippen LogP) is 3.59. The third-order valence-electron chi connectivity index (χ3n) is 6.32. The van der Waals surface area contributed by atoms with Gasteiger partial charge >= 0.3 is 0 Å². The number of halogens is 2. The first-order valence-electron chi connectivity index (χ1n) is 10.7. The number of nitrogens with one attached hydrogen (secondary N) is 2. The molecule has 0 aliphatic carbocycles. The van der Waals surface area contributed by atoms with Crippen LogP contribution in [0.15, 0.2) is 41.3 Å². The molecule has 6 rings (SSSR count). The number of ether oxygens (including phenoxy) is 1. The van der Waals surface area contributed by atoms with Crippen molar-refractivity contribution >= 4 is 43.8 Å². The van der Waals surface area contributed by atoms with Crippen LogP contribution in [0.4, 0.5) is 10.3 Å². The largest absolute Gasteiger partial charge is 0.373 e. The van der Waals surface area contributed by atoms with E-state index in [2.05, 4.69) is 41.6 Å². The van der Waals surface area contributed by atoms with Gasteiger partial charge in [0.15, 0.2) is 11.5 Å². The van der Waals surface area contributed by atoms with Gasteiger partial charge in [0.1, 0.15) is 10.1 Å². The molecule has 164 valence electrons. The normalized spacial score (nSPS) is 20.4. The second kappa shape index (κ2) is 7.72. The molecule has 0 radical (unpaired) electrons. The fraction of sp³-hybridized carbons (Fsp3) is 0.364. The molecule has 32 heavy (non-hydrogen) atoms. The number of anilines is 1. The summed E-state index contributed by atoms with van der Waals surface area (Å²) in [5.41, 5.74) is 1.44. The number of piperidine rings is 1. The first-order chi connectivity index (χ1) is 15.6. The summed E-state index contributed by atoms with van der Waals surface area (Å²) in [6.07, 6.45) is 6.28. The molecule has 2 N–H and O–H groups in total. The summed E-state index contributed by atoms with van der Waals surface area (Å²) in [6, 6.07) is 7.04. The van der Waals surface area contributed by atoms with Crippen molar-refractivity contribution in [2.45, 2.75) is 30.9 Å². The molecule has 2 aliphatic rings. The summed E-state index contributed by atoms with van der Waals surface area (Å²) in [5, 5.41) is 12.8. The van der Waals surface area contributed by atoms with E-state index < -0.39 is 5.82 Å². The molecule has 5 heterocycles. The smallest absolute Gasteiger partial charge is 0.225 e. The van der Waals surface area contributed by atoms with Crippen LogP contribution >= 0.6 is 15.9 Å². The highest BCUT2D eigenvalue weighted by Crippen LogP contribution is 2.35. The number of rotatable bonds is 3. The van der Waals surface area contributed by atoms with Gasteiger partial charge in [0.2, 0.25) is 5.95 Å². The summed E-state index contributed by atoms with van der Waals surface area (Å²) in [4.78, 5) is 13.3. The molecule has 2 fully saturated rings. The maximum absolute atomic E-state index is 14.7. The second-order valence-electron chi connectivity index (χ2n) is 8.43. The Balaban J connectivity index is 1.34. The summed E-state index contributed by atoms with van der Waals surface area (Å²) in [7, 11) is 0. The van der Waals surface area contributed by atoms with Crippen molar-refractivity contribution in [2.24, 2.45) is 0 Å². The second-order valence-corrected chi connectivity index (χ2v) is 9.18. The molecule has 0 saturated carbocycles. The SMILES string of the molecule is Fc1cc(-n2nc(Br)c3cnc(NC4COC5(CCNCC5)C4)nc32)cc2cccnc12. The van der Waals surface area contributed by atoms with Crippen molar-refractivity contribution in [3.8, 4) is 5.69 Å². The zero-order valence-corrected chi connectivity index (χ0v) is 18.8. The number of nitrogens with zero attached hydrogens (tertiary/aromatic N) is 5. The van der Waals surface area contributed by atoms with Gasteiger partial charge in [-0.15, -0.1) is 0 Å². The van der Waals surface area contributed by atoms with E-state index in [-0.39, 0.29) is 11.6 Å². The highest BCUT2D eigenvalue weighted by atomic mass is 79.9. The van der Waals surface area contributed by atoms with E-state index in [4.69, 9.17) is 9.72 Å². The standard InChI is InChI=1S/C22H21BrFN7O/c23-19-16-11-27-21(28-14-10-22(32-12-14)3-6-25-7-4-22)29-20(16)31(30-19)15-8-13-2-1-5-26-18(13)17(24)9-15/h1-2,5,8-9,11,14,25H,3-4,6-7,10,12H2,(H,27,28,29). The van der Waals surface area contributed by atoms with Crippen LogP contribution in [0.25, 0.3) is 27.6 Å². The van der Waals surface area contributed by atoms with Crippen LogP contribution in [0, 0.1) is 5.82 Å². The van der Waals surface area contributed by atoms with Crippen LogP contribution in [0.5, 0.6) is 0 Å². The van der Waals surface area contributed by atoms with E-state index in [0.29, 0.717) is 39.4 Å². The Morgan fingerprint density at radius 3 is 3.00 bits per heavy atom. The van der Waals surface area contributed by atoms with Crippen LogP contribution in [0.3, 0.4) is 0 Å². The minimum Gasteiger partial charge on any atom is -0.373 e. The van der Waals surface area contributed by atoms with Gasteiger partial charge in [0.25, 0.3) is 0 Å². The van der Waals surface area contributed by atoms with Crippen LogP contribution in [-0.4, -0.2) is 56.1 Å². The van der Waals surface area contributed by atoms with Crippen molar-refractivity contribution < 1.29 is 9.13 Å². The van der Waals surface area contributed by atoms with Crippen molar-refractivity contribution in [2.75, 3.05) is 25.0 Å². The lowest BCUT2D eigenvalue weighted by atomic mass is 9.88. The average Bonchev–Trinajstić information content (AvgIpc) is 3.34. The third-order valence-corrected chi connectivity index (χ3v) is 6.91. The number of pyridine rings is 1. The van der Waals surface area contributed by atoms with Gasteiger partial charge in [-0.3, -0.25) is 4.98 Å². The Kier molecular flexibility index (Phi) is 4.81. The highest BCUT2D eigenvalue weighted by molar-refractivity contribution is 9.10. The molecule has 1 spiro atoms. The molecule has 3 aromatic heterocycles. The Morgan fingerprint density at radius 2 is 2.12 bits per heavy atom. The molecular weight excluding hydrogens is 477 g/mol. The monoisotopic (exact) mass is 497 g/mol. The van der Waals surface area contributed by atoms with E-state index in [1.807, 2.05) is 12.1 Å². The van der Waals surface area contributed by atoms with E-state index in [1.54, 1.807) is 23.1 Å². The van der Waals surface area contributed by atoms with Crippen molar-refractivity contribution in [1.82, 2.24) is 30.0 Å². The lowest BCUT2D eigenvalue weighted by molar-refractivity contribution is -0.0192. The van der Waals surface area contributed by atoms with E-state index in [0.717, 1.165) is 37.7 Å². The lowest BCUT2D eigenvalue weighted by Crippen LogP contribution is -2.41. The molecule has 2 saturated heterocycles. The Labute approximate surface area is 191 Å². The minimum atomic E-state index is -0.402. The fourth-order valence-corrected chi connectivity index (χ4v) is 5.16. The van der Waals surface area contributed by atoms with Crippen LogP contribution < -0.4 is 10.6 Å². The van der Waals surface area contributed by atoms with Gasteiger partial charge in [0.05, 0.1) is 29.3 Å². The number of hydrogen-bond donors (Lipinski definition) is 2. The maximum atomic E-state index is 14.7. The molecule has 0 bridgehead atoms. The summed E-state index contributed by atoms with van der Waals surface area (Å²) in [6.45, 7) is 2.60. The molecule has 2 aliphatic heterocycles. The van der Waals surface area contributed by atoms with E-state index in [9.17, 15) is 4.39 Å². The van der Waals surface area contributed by atoms with E-state index in [1.165, 1.54) is 6.07 Å². The summed E-state index contributed by atoms with van der Waals surface area (Å²) >= 11 is 3.48. The number of fused-ring (bicyclic) bond motifs is 2. The van der Waals surface area contributed by atoms with Crippen molar-refractivity contribution in [3.63, 3.8) is 0 Å². The Morgan fingerprint density at radius 1 is 1.25 bits per heavy atom. The number of hydrogen-bond acceptors (Lipinski definition) is 7. The zero-order valence-electron chi connectivity index (χ0n) is 17.2. The van der Waals surface area contributed by atoms with Gasteiger partial charge < -0.3 is 15.4 Å².